The number of rotatable bonds is 7. The lowest BCUT2D eigenvalue weighted by molar-refractivity contribution is 0.0777. The number of benzene rings is 1. The van der Waals surface area contributed by atoms with E-state index in [1.807, 2.05) is 12.1 Å². The van der Waals surface area contributed by atoms with Crippen molar-refractivity contribution in [3.63, 3.8) is 0 Å². The van der Waals surface area contributed by atoms with Crippen molar-refractivity contribution < 1.29 is 4.74 Å². The minimum Gasteiger partial charge on any atom is -0.361 e. The Kier molecular flexibility index (Phi) is 6.51. The number of ether oxygens (including phenoxy) is 1. The van der Waals surface area contributed by atoms with Crippen LogP contribution in [0.3, 0.4) is 0 Å². The Balaban J connectivity index is 2.18. The maximum atomic E-state index is 12.1. The lowest BCUT2D eigenvalue weighted by atomic mass is 10.4. The van der Waals surface area contributed by atoms with E-state index >= 15 is 0 Å². The normalized spacial score (nSPS) is 11.7. The number of H-pyrrole nitrogens is 1. The highest BCUT2D eigenvalue weighted by Crippen LogP contribution is 2.27. The zero-order valence-electron chi connectivity index (χ0n) is 14.0. The second kappa shape index (κ2) is 8.20. The summed E-state index contributed by atoms with van der Waals surface area (Å²) >= 11 is 7.30. The van der Waals surface area contributed by atoms with Crippen LogP contribution in [-0.2, 0) is 11.5 Å². The summed E-state index contributed by atoms with van der Waals surface area (Å²) in [5, 5.41) is 1.13. The van der Waals surface area contributed by atoms with E-state index in [4.69, 9.17) is 16.3 Å². The number of aromatic amines is 1. The van der Waals surface area contributed by atoms with E-state index in [0.29, 0.717) is 16.7 Å². The highest BCUT2D eigenvalue weighted by molar-refractivity contribution is 7.99. The van der Waals surface area contributed by atoms with Crippen LogP contribution in [0.1, 0.15) is 0 Å². The van der Waals surface area contributed by atoms with E-state index in [-0.39, 0.29) is 6.73 Å². The number of nitrogens with zero attached hydrogens (tertiary/aromatic N) is 1. The molecule has 0 bridgehead atoms. The van der Waals surface area contributed by atoms with Crippen LogP contribution < -0.4 is 11.2 Å². The van der Waals surface area contributed by atoms with Crippen molar-refractivity contribution in [3.05, 3.63) is 56.2 Å². The second-order valence-corrected chi connectivity index (χ2v) is 13.8. The fraction of sp³-hybridized carbons (Fsp3) is 0.375. The third-order valence-corrected chi connectivity index (χ3v) is 6.21. The van der Waals surface area contributed by atoms with Crippen LogP contribution in [0.5, 0.6) is 0 Å². The molecule has 0 fully saturated rings. The minimum atomic E-state index is -1.19. The standard InChI is InChI=1S/C16H21ClN2O3SSi/c1-24(2,3)8-7-22-11-19-15(10-14(20)18-16(19)21)23-13-6-4-5-12(17)9-13/h4-6,9-10H,7-8,11H2,1-3H3,(H,18,20,21). The molecule has 0 radical (unpaired) electrons. The molecular weight excluding hydrogens is 364 g/mol. The van der Waals surface area contributed by atoms with Gasteiger partial charge < -0.3 is 4.74 Å². The molecule has 0 aliphatic carbocycles. The first-order valence-corrected chi connectivity index (χ1v) is 12.5. The Morgan fingerprint density at radius 1 is 1.25 bits per heavy atom. The van der Waals surface area contributed by atoms with Crippen LogP contribution in [-0.4, -0.2) is 24.2 Å². The summed E-state index contributed by atoms with van der Waals surface area (Å²) in [6.45, 7) is 7.51. The van der Waals surface area contributed by atoms with Gasteiger partial charge in [0.2, 0.25) is 0 Å². The Hall–Kier alpha value is -1.28. The summed E-state index contributed by atoms with van der Waals surface area (Å²) in [7, 11) is -1.19. The fourth-order valence-electron chi connectivity index (χ4n) is 1.89. The van der Waals surface area contributed by atoms with Gasteiger partial charge in [-0.15, -0.1) is 0 Å². The van der Waals surface area contributed by atoms with Gasteiger partial charge in [-0.1, -0.05) is 49.1 Å². The van der Waals surface area contributed by atoms with Gasteiger partial charge in [-0.3, -0.25) is 14.3 Å². The molecule has 0 spiro atoms. The van der Waals surface area contributed by atoms with Crippen molar-refractivity contribution in [3.8, 4) is 0 Å². The molecule has 0 aliphatic rings. The summed E-state index contributed by atoms with van der Waals surface area (Å²) in [6, 6.07) is 9.67. The Bertz CT molecular complexity index is 814. The molecule has 0 unspecified atom stereocenters. The molecule has 0 saturated heterocycles. The molecule has 5 nitrogen and oxygen atoms in total. The van der Waals surface area contributed by atoms with Gasteiger partial charge in [0.15, 0.2) is 0 Å². The SMILES string of the molecule is C[Si](C)(C)CCOCn1c(Sc2cccc(Cl)c2)cc(=O)[nH]c1=O. The first-order chi connectivity index (χ1) is 11.2. The molecule has 0 amide bonds. The van der Waals surface area contributed by atoms with Gasteiger partial charge in [0, 0.05) is 30.7 Å². The largest absolute Gasteiger partial charge is 0.361 e. The quantitative estimate of drug-likeness (QED) is 0.449. The molecule has 2 rings (SSSR count). The molecule has 0 atom stereocenters. The maximum Gasteiger partial charge on any atom is 0.331 e. The van der Waals surface area contributed by atoms with E-state index in [1.165, 1.54) is 22.4 Å². The number of hydrogen-bond donors (Lipinski definition) is 1. The third kappa shape index (κ3) is 5.97. The summed E-state index contributed by atoms with van der Waals surface area (Å²) in [4.78, 5) is 26.9. The van der Waals surface area contributed by atoms with Crippen molar-refractivity contribution in [2.75, 3.05) is 6.61 Å². The zero-order chi connectivity index (χ0) is 17.7. The summed E-state index contributed by atoms with van der Waals surface area (Å²) in [5.41, 5.74) is -0.900. The lowest BCUT2D eigenvalue weighted by Gasteiger charge is -2.16. The molecule has 1 N–H and O–H groups in total. The molecular formula is C16H21ClN2O3SSi. The zero-order valence-corrected chi connectivity index (χ0v) is 16.5. The van der Waals surface area contributed by atoms with Gasteiger partial charge in [-0.25, -0.2) is 4.79 Å². The van der Waals surface area contributed by atoms with Crippen molar-refractivity contribution in [2.45, 2.75) is 42.3 Å². The smallest absolute Gasteiger partial charge is 0.331 e. The van der Waals surface area contributed by atoms with Crippen molar-refractivity contribution in [1.29, 1.82) is 0 Å². The molecule has 1 heterocycles. The molecule has 2 aromatic rings. The molecule has 0 saturated carbocycles. The minimum absolute atomic E-state index is 0.114. The van der Waals surface area contributed by atoms with Crippen LogP contribution in [0.4, 0.5) is 0 Å². The Morgan fingerprint density at radius 3 is 2.67 bits per heavy atom. The van der Waals surface area contributed by atoms with Gasteiger partial charge in [0.1, 0.15) is 6.73 Å². The lowest BCUT2D eigenvalue weighted by Crippen LogP contribution is -2.32. The molecule has 8 heteroatoms. The third-order valence-electron chi connectivity index (χ3n) is 3.23. The van der Waals surface area contributed by atoms with Gasteiger partial charge >= 0.3 is 5.69 Å². The van der Waals surface area contributed by atoms with Gasteiger partial charge in [0.05, 0.1) is 5.03 Å². The van der Waals surface area contributed by atoms with E-state index in [2.05, 4.69) is 24.6 Å². The first kappa shape index (κ1) is 19.0. The fourth-order valence-corrected chi connectivity index (χ4v) is 3.89. The van der Waals surface area contributed by atoms with Crippen LogP contribution in [0.25, 0.3) is 0 Å². The number of aromatic nitrogens is 2. The maximum absolute atomic E-state index is 12.1. The van der Waals surface area contributed by atoms with Crippen LogP contribution in [0.2, 0.25) is 30.7 Å². The van der Waals surface area contributed by atoms with Crippen LogP contribution >= 0.6 is 23.4 Å². The summed E-state index contributed by atoms with van der Waals surface area (Å²) in [5.74, 6) is 0. The average Bonchev–Trinajstić information content (AvgIpc) is 2.44. The van der Waals surface area contributed by atoms with Crippen molar-refractivity contribution in [2.24, 2.45) is 0 Å². The van der Waals surface area contributed by atoms with E-state index in [1.54, 1.807) is 12.1 Å². The molecule has 0 aliphatic heterocycles. The Morgan fingerprint density at radius 2 is 2.00 bits per heavy atom. The number of nitrogens with one attached hydrogen (secondary N) is 1. The average molecular weight is 385 g/mol. The molecule has 24 heavy (non-hydrogen) atoms. The van der Waals surface area contributed by atoms with Crippen molar-refractivity contribution in [1.82, 2.24) is 9.55 Å². The molecule has 1 aromatic carbocycles. The number of halogens is 1. The van der Waals surface area contributed by atoms with E-state index in [9.17, 15) is 9.59 Å². The highest BCUT2D eigenvalue weighted by Gasteiger charge is 2.13. The highest BCUT2D eigenvalue weighted by atomic mass is 35.5. The monoisotopic (exact) mass is 384 g/mol. The van der Waals surface area contributed by atoms with Crippen molar-refractivity contribution >= 4 is 31.4 Å². The predicted molar refractivity (Wildman–Crippen MR) is 101 cm³/mol. The van der Waals surface area contributed by atoms with Gasteiger partial charge in [-0.05, 0) is 24.2 Å². The summed E-state index contributed by atoms with van der Waals surface area (Å²) in [6.07, 6.45) is 0. The van der Waals surface area contributed by atoms with Gasteiger partial charge in [0.25, 0.3) is 5.56 Å². The van der Waals surface area contributed by atoms with E-state index in [0.717, 1.165) is 10.9 Å². The Labute approximate surface area is 151 Å². The first-order valence-electron chi connectivity index (χ1n) is 7.60. The predicted octanol–water partition coefficient (Wildman–Crippen LogP) is 3.65. The van der Waals surface area contributed by atoms with E-state index < -0.39 is 19.3 Å². The molecule has 1 aromatic heterocycles. The second-order valence-electron chi connectivity index (χ2n) is 6.61. The molecule has 130 valence electrons. The summed E-state index contributed by atoms with van der Waals surface area (Å²) < 4.78 is 7.08. The van der Waals surface area contributed by atoms with Crippen LogP contribution in [0, 0.1) is 0 Å². The topological polar surface area (TPSA) is 64.1 Å². The number of hydrogen-bond acceptors (Lipinski definition) is 4. The van der Waals surface area contributed by atoms with Gasteiger partial charge in [-0.2, -0.15) is 0 Å². The van der Waals surface area contributed by atoms with Crippen LogP contribution in [0.15, 0.2) is 49.8 Å².